The zero-order valence-electron chi connectivity index (χ0n) is 16.6. The summed E-state index contributed by atoms with van der Waals surface area (Å²) < 4.78 is 31.2. The second-order valence-corrected chi connectivity index (χ2v) is 8.01. The van der Waals surface area contributed by atoms with Gasteiger partial charge in [0.1, 0.15) is 15.8 Å². The first kappa shape index (κ1) is 22.6. The molecular formula is C24H27NO3S. The molecule has 152 valence electrons. The Kier molecular flexibility index (Phi) is 9.31. The molecule has 5 heteroatoms. The highest BCUT2D eigenvalue weighted by molar-refractivity contribution is 7.85. The first-order chi connectivity index (χ1) is 13.9. The highest BCUT2D eigenvalue weighted by Crippen LogP contribution is 2.08. The van der Waals surface area contributed by atoms with E-state index in [1.165, 1.54) is 29.8 Å². The third-order valence-corrected chi connectivity index (χ3v) is 5.02. The van der Waals surface area contributed by atoms with E-state index < -0.39 is 10.1 Å². The highest BCUT2D eigenvalue weighted by atomic mass is 32.2. The molecule has 3 aromatic rings. The molecular weight excluding hydrogens is 382 g/mol. The van der Waals surface area contributed by atoms with Gasteiger partial charge in [0.25, 0.3) is 0 Å². The molecule has 0 radical (unpaired) electrons. The molecule has 0 aliphatic rings. The molecule has 0 amide bonds. The van der Waals surface area contributed by atoms with Crippen molar-refractivity contribution in [2.45, 2.75) is 24.7 Å². The Morgan fingerprint density at radius 3 is 2.03 bits per heavy atom. The zero-order valence-corrected chi connectivity index (χ0v) is 17.4. The van der Waals surface area contributed by atoms with Crippen LogP contribution in [0.15, 0.2) is 95.9 Å². The smallest absolute Gasteiger partial charge is 0.129 e. The number of hydrogen-bond donors (Lipinski definition) is 1. The Bertz CT molecular complexity index is 968. The van der Waals surface area contributed by atoms with Gasteiger partial charge in [0.15, 0.2) is 0 Å². The number of rotatable bonds is 7. The normalized spacial score (nSPS) is 11.1. The van der Waals surface area contributed by atoms with Gasteiger partial charge in [0.2, 0.25) is 0 Å². The minimum Gasteiger partial charge on any atom is -0.744 e. The van der Waals surface area contributed by atoms with Crippen LogP contribution in [-0.4, -0.2) is 19.5 Å². The maximum Gasteiger partial charge on any atom is 0.129 e. The highest BCUT2D eigenvalue weighted by Gasteiger charge is 1.98. The average Bonchev–Trinajstić information content (AvgIpc) is 2.72. The lowest BCUT2D eigenvalue weighted by Crippen LogP contribution is -2.77. The van der Waals surface area contributed by atoms with Gasteiger partial charge < -0.3 is 9.87 Å². The SMILES string of the molecule is C(=Cc1ccccc1)CCC[NH2+]c1ccccc1.Cc1ccc(S(=O)(=O)[O-])cc1. The van der Waals surface area contributed by atoms with E-state index in [0.29, 0.717) is 0 Å². The second-order valence-electron chi connectivity index (χ2n) is 6.63. The van der Waals surface area contributed by atoms with Crippen molar-refractivity contribution < 1.29 is 18.3 Å². The second kappa shape index (κ2) is 12.0. The molecule has 0 heterocycles. The third-order valence-electron chi connectivity index (χ3n) is 4.17. The molecule has 0 unspecified atom stereocenters. The molecule has 3 aromatic carbocycles. The summed E-state index contributed by atoms with van der Waals surface area (Å²) in [6.07, 6.45) is 6.80. The number of para-hydroxylation sites is 1. The molecule has 3 rings (SSSR count). The summed E-state index contributed by atoms with van der Waals surface area (Å²) in [7, 11) is -4.27. The standard InChI is InChI=1S/C17H19N.C7H8O3S/c1-4-10-16(11-5-1)12-6-3-9-15-18-17-13-7-2-8-14-17;1-6-2-4-7(5-3-6)11(8,9)10/h1-2,4-8,10-14,18H,3,9,15H2;2-5H,1H3,(H,8,9,10). The van der Waals surface area contributed by atoms with Gasteiger partial charge in [0.05, 0.1) is 11.4 Å². The van der Waals surface area contributed by atoms with Crippen LogP contribution in [0.1, 0.15) is 24.0 Å². The fourth-order valence-electron chi connectivity index (χ4n) is 2.58. The van der Waals surface area contributed by atoms with Crippen LogP contribution in [0.4, 0.5) is 5.69 Å². The van der Waals surface area contributed by atoms with E-state index in [9.17, 15) is 13.0 Å². The number of benzene rings is 3. The largest absolute Gasteiger partial charge is 0.744 e. The first-order valence-corrected chi connectivity index (χ1v) is 11.0. The van der Waals surface area contributed by atoms with Crippen molar-refractivity contribution >= 4 is 21.9 Å². The lowest BCUT2D eigenvalue weighted by molar-refractivity contribution is -0.571. The molecule has 0 aromatic heterocycles. The maximum absolute atomic E-state index is 10.4. The molecule has 0 saturated carbocycles. The van der Waals surface area contributed by atoms with Crippen LogP contribution >= 0.6 is 0 Å². The van der Waals surface area contributed by atoms with E-state index in [2.05, 4.69) is 72.1 Å². The summed E-state index contributed by atoms with van der Waals surface area (Å²) in [5, 5.41) is 2.30. The summed E-state index contributed by atoms with van der Waals surface area (Å²) in [6.45, 7) is 2.96. The van der Waals surface area contributed by atoms with Gasteiger partial charge in [-0.3, -0.25) is 0 Å². The summed E-state index contributed by atoms with van der Waals surface area (Å²) in [5.74, 6) is 0. The number of hydrogen-bond acceptors (Lipinski definition) is 3. The van der Waals surface area contributed by atoms with E-state index in [-0.39, 0.29) is 4.90 Å². The Morgan fingerprint density at radius 2 is 1.45 bits per heavy atom. The van der Waals surface area contributed by atoms with Crippen LogP contribution in [0.2, 0.25) is 0 Å². The summed E-state index contributed by atoms with van der Waals surface area (Å²) in [6, 6.07) is 26.8. The van der Waals surface area contributed by atoms with E-state index in [4.69, 9.17) is 0 Å². The van der Waals surface area contributed by atoms with Crippen molar-refractivity contribution in [2.75, 3.05) is 6.54 Å². The lowest BCUT2D eigenvalue weighted by atomic mass is 10.2. The monoisotopic (exact) mass is 409 g/mol. The van der Waals surface area contributed by atoms with Crippen molar-refractivity contribution in [3.05, 3.63) is 102 Å². The minimum absolute atomic E-state index is 0.178. The number of aryl methyl sites for hydroxylation is 1. The molecule has 0 spiro atoms. The number of allylic oxidation sites excluding steroid dienone is 1. The molecule has 0 aliphatic carbocycles. The number of unbranched alkanes of at least 4 members (excludes halogenated alkanes) is 1. The Labute approximate surface area is 173 Å². The van der Waals surface area contributed by atoms with Gasteiger partial charge in [-0.15, -0.1) is 0 Å². The molecule has 0 aliphatic heterocycles. The fraction of sp³-hybridized carbons (Fsp3) is 0.167. The lowest BCUT2D eigenvalue weighted by Gasteiger charge is -2.05. The van der Waals surface area contributed by atoms with E-state index in [1.54, 1.807) is 12.1 Å². The molecule has 0 saturated heterocycles. The minimum atomic E-state index is -4.27. The van der Waals surface area contributed by atoms with Crippen LogP contribution in [-0.2, 0) is 10.1 Å². The van der Waals surface area contributed by atoms with Gasteiger partial charge in [-0.1, -0.05) is 78.4 Å². The molecule has 0 fully saturated rings. The Balaban J connectivity index is 0.000000234. The number of quaternary nitrogens is 1. The third kappa shape index (κ3) is 9.34. The predicted octanol–water partition coefficient (Wildman–Crippen LogP) is 4.27. The van der Waals surface area contributed by atoms with Crippen molar-refractivity contribution in [3.8, 4) is 0 Å². The van der Waals surface area contributed by atoms with Crippen molar-refractivity contribution in [2.24, 2.45) is 0 Å². The van der Waals surface area contributed by atoms with Crippen molar-refractivity contribution in [3.63, 3.8) is 0 Å². The number of nitrogens with two attached hydrogens (primary N) is 1. The van der Waals surface area contributed by atoms with Gasteiger partial charge in [-0.05, 0) is 43.2 Å². The van der Waals surface area contributed by atoms with Crippen molar-refractivity contribution in [1.82, 2.24) is 0 Å². The Hall–Kier alpha value is -2.73. The fourth-order valence-corrected chi connectivity index (χ4v) is 3.05. The topological polar surface area (TPSA) is 73.8 Å². The molecule has 0 atom stereocenters. The predicted molar refractivity (Wildman–Crippen MR) is 117 cm³/mol. The Morgan fingerprint density at radius 1 is 0.862 bits per heavy atom. The van der Waals surface area contributed by atoms with Gasteiger partial charge in [0, 0.05) is 6.42 Å². The van der Waals surface area contributed by atoms with Gasteiger partial charge >= 0.3 is 0 Å². The first-order valence-electron chi connectivity index (χ1n) is 9.57. The average molecular weight is 410 g/mol. The maximum atomic E-state index is 10.4. The molecule has 2 N–H and O–H groups in total. The summed E-state index contributed by atoms with van der Waals surface area (Å²) in [4.78, 5) is -0.178. The molecule has 0 bridgehead atoms. The van der Waals surface area contributed by atoms with Crippen LogP contribution in [0.25, 0.3) is 6.08 Å². The van der Waals surface area contributed by atoms with E-state index in [1.807, 2.05) is 13.0 Å². The van der Waals surface area contributed by atoms with Crippen molar-refractivity contribution in [1.29, 1.82) is 0 Å². The summed E-state index contributed by atoms with van der Waals surface area (Å²) in [5.41, 5.74) is 3.53. The van der Waals surface area contributed by atoms with E-state index in [0.717, 1.165) is 18.5 Å². The van der Waals surface area contributed by atoms with Crippen LogP contribution in [0, 0.1) is 6.92 Å². The van der Waals surface area contributed by atoms with Crippen LogP contribution in [0.5, 0.6) is 0 Å². The molecule has 4 nitrogen and oxygen atoms in total. The zero-order chi connectivity index (χ0) is 21.0. The quantitative estimate of drug-likeness (QED) is 0.360. The van der Waals surface area contributed by atoms with Crippen LogP contribution < -0.4 is 5.32 Å². The van der Waals surface area contributed by atoms with E-state index >= 15 is 0 Å². The molecule has 29 heavy (non-hydrogen) atoms. The van der Waals surface area contributed by atoms with Crippen LogP contribution in [0.3, 0.4) is 0 Å². The summed E-state index contributed by atoms with van der Waals surface area (Å²) >= 11 is 0. The van der Waals surface area contributed by atoms with Gasteiger partial charge in [-0.2, -0.15) is 0 Å². The van der Waals surface area contributed by atoms with Gasteiger partial charge in [-0.25, -0.2) is 8.42 Å².